The van der Waals surface area contributed by atoms with Crippen LogP contribution < -0.4 is 16.2 Å². The molecule has 0 aromatic carbocycles. The van der Waals surface area contributed by atoms with Gasteiger partial charge in [-0.1, -0.05) is 0 Å². The van der Waals surface area contributed by atoms with Crippen LogP contribution >= 0.6 is 11.3 Å². The summed E-state index contributed by atoms with van der Waals surface area (Å²) in [5.74, 6) is 0.559. The van der Waals surface area contributed by atoms with E-state index in [9.17, 15) is 9.18 Å². The lowest BCUT2D eigenvalue weighted by Crippen LogP contribution is -2.26. The Morgan fingerprint density at radius 2 is 2.23 bits per heavy atom. The van der Waals surface area contributed by atoms with Crippen LogP contribution in [0.4, 0.5) is 4.39 Å². The molecule has 2 N–H and O–H groups in total. The summed E-state index contributed by atoms with van der Waals surface area (Å²) in [6.07, 6.45) is 3.61. The number of hydrogen-bond acceptors (Lipinski definition) is 6. The number of thiophene rings is 1. The Hall–Kier alpha value is -2.78. The molecule has 0 bridgehead atoms. The van der Waals surface area contributed by atoms with E-state index >= 15 is 0 Å². The summed E-state index contributed by atoms with van der Waals surface area (Å²) in [7, 11) is 1.57. The van der Waals surface area contributed by atoms with Crippen LogP contribution in [0.5, 0.6) is 5.88 Å². The van der Waals surface area contributed by atoms with E-state index in [0.29, 0.717) is 24.3 Å². The first-order chi connectivity index (χ1) is 12.6. The highest BCUT2D eigenvalue weighted by Gasteiger charge is 2.10. The molecule has 3 rings (SSSR count). The highest BCUT2D eigenvalue weighted by molar-refractivity contribution is 7.15. The fraction of sp³-hybridized carbons (Fsp3) is 0.235. The van der Waals surface area contributed by atoms with E-state index in [1.54, 1.807) is 30.7 Å². The molecule has 3 aromatic heterocycles. The van der Waals surface area contributed by atoms with E-state index in [-0.39, 0.29) is 18.8 Å². The van der Waals surface area contributed by atoms with Crippen molar-refractivity contribution in [2.75, 3.05) is 13.7 Å². The van der Waals surface area contributed by atoms with Gasteiger partial charge in [0, 0.05) is 34.1 Å². The average Bonchev–Trinajstić information content (AvgIpc) is 3.28. The number of nitrogens with two attached hydrogens (primary N) is 1. The summed E-state index contributed by atoms with van der Waals surface area (Å²) >= 11 is 1.57. The first-order valence-corrected chi connectivity index (χ1v) is 8.65. The molecule has 0 amide bonds. The van der Waals surface area contributed by atoms with Crippen LogP contribution in [-0.2, 0) is 13.1 Å². The van der Waals surface area contributed by atoms with Gasteiger partial charge in [0.1, 0.15) is 6.33 Å². The molecule has 136 valence electrons. The van der Waals surface area contributed by atoms with Crippen LogP contribution in [0.25, 0.3) is 10.4 Å². The average molecular weight is 375 g/mol. The van der Waals surface area contributed by atoms with E-state index in [0.717, 1.165) is 15.3 Å². The van der Waals surface area contributed by atoms with Gasteiger partial charge in [-0.2, -0.15) is 5.10 Å². The topological polar surface area (TPSA) is 88.0 Å². The van der Waals surface area contributed by atoms with Crippen molar-refractivity contribution in [3.05, 3.63) is 64.1 Å². The Morgan fingerprint density at radius 3 is 2.88 bits per heavy atom. The monoisotopic (exact) mass is 375 g/mol. The maximum atomic E-state index is 12.6. The maximum Gasteiger partial charge on any atom is 0.346 e. The first-order valence-electron chi connectivity index (χ1n) is 7.84. The fourth-order valence-corrected chi connectivity index (χ4v) is 3.35. The van der Waals surface area contributed by atoms with Crippen molar-refractivity contribution in [2.24, 2.45) is 5.73 Å². The van der Waals surface area contributed by atoms with Gasteiger partial charge in [0.2, 0.25) is 5.88 Å². The molecule has 3 aromatic rings. The number of aromatic nitrogens is 4. The Kier molecular flexibility index (Phi) is 5.59. The normalized spacial score (nSPS) is 11.7. The van der Waals surface area contributed by atoms with Gasteiger partial charge in [0.25, 0.3) is 0 Å². The van der Waals surface area contributed by atoms with Gasteiger partial charge < -0.3 is 10.5 Å². The number of methoxy groups -OCH3 is 1. The van der Waals surface area contributed by atoms with Crippen molar-refractivity contribution in [1.82, 2.24) is 19.3 Å². The van der Waals surface area contributed by atoms with Crippen molar-refractivity contribution in [3.63, 3.8) is 0 Å². The summed E-state index contributed by atoms with van der Waals surface area (Å²) < 4.78 is 20.4. The fourth-order valence-electron chi connectivity index (χ4n) is 2.36. The Labute approximate surface area is 153 Å². The molecule has 0 aliphatic rings. The number of hydrogen-bond donors (Lipinski definition) is 1. The third-order valence-electron chi connectivity index (χ3n) is 3.78. The van der Waals surface area contributed by atoms with Crippen molar-refractivity contribution >= 4 is 11.3 Å². The van der Waals surface area contributed by atoms with Crippen LogP contribution in [0, 0.1) is 0 Å². The lowest BCUT2D eigenvalue weighted by atomic mass is 10.2. The molecule has 0 atom stereocenters. The smallest absolute Gasteiger partial charge is 0.346 e. The molecule has 3 heterocycles. The van der Waals surface area contributed by atoms with Gasteiger partial charge in [0.05, 0.1) is 26.5 Å². The van der Waals surface area contributed by atoms with E-state index in [4.69, 9.17) is 10.5 Å². The number of nitrogens with zero attached hydrogens (tertiary/aromatic N) is 4. The largest absolute Gasteiger partial charge is 0.481 e. The summed E-state index contributed by atoms with van der Waals surface area (Å²) in [6, 6.07) is 7.68. The summed E-state index contributed by atoms with van der Waals surface area (Å²) in [6.45, 7) is 0.483. The van der Waals surface area contributed by atoms with Crippen molar-refractivity contribution in [3.8, 4) is 16.3 Å². The Balaban J connectivity index is 1.75. The maximum absolute atomic E-state index is 12.6. The second-order valence-electron chi connectivity index (χ2n) is 5.53. The second kappa shape index (κ2) is 8.07. The minimum absolute atomic E-state index is 0.0416. The minimum Gasteiger partial charge on any atom is -0.481 e. The molecule has 0 aliphatic carbocycles. The van der Waals surface area contributed by atoms with Gasteiger partial charge in [-0.15, -0.1) is 11.3 Å². The zero-order valence-corrected chi connectivity index (χ0v) is 14.9. The predicted octanol–water partition coefficient (Wildman–Crippen LogP) is 2.04. The van der Waals surface area contributed by atoms with Crippen LogP contribution in [0.1, 0.15) is 4.88 Å². The molecule has 7 nitrogen and oxygen atoms in total. The Bertz CT molecular complexity index is 958. The molecular formula is C17H18FN5O2S. The number of ether oxygens (including phenoxy) is 1. The van der Waals surface area contributed by atoms with Gasteiger partial charge in [-0.3, -0.25) is 4.57 Å². The lowest BCUT2D eigenvalue weighted by molar-refractivity contribution is 0.398. The third kappa shape index (κ3) is 3.89. The standard InChI is InChI=1S/C17H18FN5O2S/c1-25-16-5-2-13(8-20-16)15-4-3-14(26-15)10-22-11-21-23(17(22)24)9-12(6-18)7-19/h2-6,8,11H,7,9-10,19H2,1H3/b12-6-. The quantitative estimate of drug-likeness (QED) is 0.683. The van der Waals surface area contributed by atoms with E-state index in [2.05, 4.69) is 10.1 Å². The number of pyridine rings is 1. The van der Waals surface area contributed by atoms with Gasteiger partial charge in [0.15, 0.2) is 0 Å². The second-order valence-corrected chi connectivity index (χ2v) is 6.69. The highest BCUT2D eigenvalue weighted by atomic mass is 32.1. The van der Waals surface area contributed by atoms with Crippen molar-refractivity contribution in [1.29, 1.82) is 0 Å². The van der Waals surface area contributed by atoms with E-state index in [1.807, 2.05) is 18.2 Å². The molecular weight excluding hydrogens is 357 g/mol. The zero-order valence-electron chi connectivity index (χ0n) is 14.1. The molecule has 0 fully saturated rings. The van der Waals surface area contributed by atoms with Crippen LogP contribution in [0.15, 0.2) is 53.5 Å². The van der Waals surface area contributed by atoms with Gasteiger partial charge in [-0.05, 0) is 23.8 Å². The summed E-state index contributed by atoms with van der Waals surface area (Å²) in [4.78, 5) is 18.6. The lowest BCUT2D eigenvalue weighted by Gasteiger charge is -2.01. The molecule has 0 aliphatic heterocycles. The molecule has 0 radical (unpaired) electrons. The van der Waals surface area contributed by atoms with E-state index in [1.165, 1.54) is 15.6 Å². The minimum atomic E-state index is -0.307. The summed E-state index contributed by atoms with van der Waals surface area (Å²) in [5.41, 5.74) is 6.40. The van der Waals surface area contributed by atoms with Crippen molar-refractivity contribution in [2.45, 2.75) is 13.1 Å². The SMILES string of the molecule is COc1ccc(-c2ccc(Cn3cnn(C/C(=C\F)CN)c3=O)s2)cn1. The van der Waals surface area contributed by atoms with E-state index < -0.39 is 0 Å². The molecule has 0 spiro atoms. The number of rotatable bonds is 7. The molecule has 0 saturated carbocycles. The first kappa shape index (κ1) is 18.0. The molecule has 0 unspecified atom stereocenters. The highest BCUT2D eigenvalue weighted by Crippen LogP contribution is 2.28. The van der Waals surface area contributed by atoms with Crippen molar-refractivity contribution < 1.29 is 9.13 Å². The molecule has 0 saturated heterocycles. The summed E-state index contributed by atoms with van der Waals surface area (Å²) in [5, 5.41) is 4.02. The number of halogens is 1. The third-order valence-corrected chi connectivity index (χ3v) is 4.90. The van der Waals surface area contributed by atoms with Gasteiger partial charge in [-0.25, -0.2) is 18.9 Å². The van der Waals surface area contributed by atoms with Crippen LogP contribution in [0.2, 0.25) is 0 Å². The zero-order chi connectivity index (χ0) is 18.5. The molecule has 9 heteroatoms. The Morgan fingerprint density at radius 1 is 1.38 bits per heavy atom. The van der Waals surface area contributed by atoms with Crippen LogP contribution in [-0.4, -0.2) is 33.0 Å². The van der Waals surface area contributed by atoms with Crippen LogP contribution in [0.3, 0.4) is 0 Å². The molecule has 26 heavy (non-hydrogen) atoms. The van der Waals surface area contributed by atoms with Gasteiger partial charge >= 0.3 is 5.69 Å². The predicted molar refractivity (Wildman–Crippen MR) is 97.9 cm³/mol.